The van der Waals surface area contributed by atoms with Crippen molar-refractivity contribution < 1.29 is 0 Å². The first kappa shape index (κ1) is 15.9. The van der Waals surface area contributed by atoms with Gasteiger partial charge in [0.2, 0.25) is 0 Å². The van der Waals surface area contributed by atoms with Gasteiger partial charge in [0.15, 0.2) is 0 Å². The van der Waals surface area contributed by atoms with Crippen LogP contribution >= 0.6 is 11.8 Å². The third-order valence-corrected chi connectivity index (χ3v) is 4.91. The SMILES string of the molecule is CC(C)(C)SCCN1CCN(Cc2ccccc2)CC1. The molecule has 0 unspecified atom stereocenters. The van der Waals surface area contributed by atoms with Crippen molar-refractivity contribution >= 4 is 11.8 Å². The van der Waals surface area contributed by atoms with Gasteiger partial charge in [-0.05, 0) is 5.56 Å². The molecular formula is C17H28N2S. The van der Waals surface area contributed by atoms with Crippen molar-refractivity contribution in [2.45, 2.75) is 32.1 Å². The molecule has 1 heterocycles. The highest BCUT2D eigenvalue weighted by Gasteiger charge is 2.17. The summed E-state index contributed by atoms with van der Waals surface area (Å²) in [4.78, 5) is 5.18. The summed E-state index contributed by atoms with van der Waals surface area (Å²) in [6, 6.07) is 10.8. The van der Waals surface area contributed by atoms with Gasteiger partial charge in [-0.3, -0.25) is 9.80 Å². The molecule has 3 heteroatoms. The van der Waals surface area contributed by atoms with Crippen LogP contribution in [0.3, 0.4) is 0 Å². The van der Waals surface area contributed by atoms with Crippen LogP contribution in [-0.4, -0.2) is 53.0 Å². The number of piperazine rings is 1. The maximum atomic E-state index is 2.61. The molecule has 1 saturated heterocycles. The van der Waals surface area contributed by atoms with Gasteiger partial charge in [0, 0.05) is 49.8 Å². The van der Waals surface area contributed by atoms with Crippen molar-refractivity contribution in [2.75, 3.05) is 38.5 Å². The summed E-state index contributed by atoms with van der Waals surface area (Å²) in [5.74, 6) is 1.25. The van der Waals surface area contributed by atoms with E-state index in [1.54, 1.807) is 0 Å². The van der Waals surface area contributed by atoms with Crippen LogP contribution in [0.5, 0.6) is 0 Å². The third-order valence-electron chi connectivity index (χ3n) is 3.66. The summed E-state index contributed by atoms with van der Waals surface area (Å²) in [5, 5.41) is 0. The standard InChI is InChI=1S/C17H28N2S/c1-17(2,3)20-14-13-18-9-11-19(12-10-18)15-16-7-5-4-6-8-16/h4-8H,9-15H2,1-3H3. The number of hydrogen-bond donors (Lipinski definition) is 0. The van der Waals surface area contributed by atoms with Gasteiger partial charge >= 0.3 is 0 Å². The molecule has 1 aliphatic heterocycles. The fourth-order valence-corrected chi connectivity index (χ4v) is 3.46. The highest BCUT2D eigenvalue weighted by Crippen LogP contribution is 2.23. The molecule has 1 aromatic rings. The Kier molecular flexibility index (Phi) is 5.94. The zero-order valence-corrected chi connectivity index (χ0v) is 14.0. The fourth-order valence-electron chi connectivity index (χ4n) is 2.49. The lowest BCUT2D eigenvalue weighted by molar-refractivity contribution is 0.133. The number of benzene rings is 1. The van der Waals surface area contributed by atoms with E-state index < -0.39 is 0 Å². The molecule has 0 bridgehead atoms. The van der Waals surface area contributed by atoms with Crippen LogP contribution in [0.4, 0.5) is 0 Å². The number of nitrogens with zero attached hydrogens (tertiary/aromatic N) is 2. The molecule has 2 rings (SSSR count). The molecule has 0 aliphatic carbocycles. The molecule has 20 heavy (non-hydrogen) atoms. The van der Waals surface area contributed by atoms with E-state index in [4.69, 9.17) is 0 Å². The summed E-state index contributed by atoms with van der Waals surface area (Å²) in [5.41, 5.74) is 1.43. The number of rotatable bonds is 5. The van der Waals surface area contributed by atoms with Crippen molar-refractivity contribution in [1.82, 2.24) is 9.80 Å². The van der Waals surface area contributed by atoms with E-state index in [1.807, 2.05) is 0 Å². The van der Waals surface area contributed by atoms with Gasteiger partial charge in [0.05, 0.1) is 0 Å². The van der Waals surface area contributed by atoms with Crippen LogP contribution in [0.1, 0.15) is 26.3 Å². The Morgan fingerprint density at radius 3 is 2.15 bits per heavy atom. The first-order valence-electron chi connectivity index (χ1n) is 7.65. The minimum Gasteiger partial charge on any atom is -0.300 e. The maximum absolute atomic E-state index is 2.61. The molecule has 0 spiro atoms. The highest BCUT2D eigenvalue weighted by molar-refractivity contribution is 8.00. The zero-order chi connectivity index (χ0) is 14.4. The minimum absolute atomic E-state index is 0.398. The Bertz CT molecular complexity index is 378. The Hall–Kier alpha value is -0.510. The first-order chi connectivity index (χ1) is 9.53. The summed E-state index contributed by atoms with van der Waals surface area (Å²) in [6.45, 7) is 14.1. The van der Waals surface area contributed by atoms with Crippen molar-refractivity contribution in [1.29, 1.82) is 0 Å². The van der Waals surface area contributed by atoms with Crippen LogP contribution in [0.25, 0.3) is 0 Å². The molecular weight excluding hydrogens is 264 g/mol. The van der Waals surface area contributed by atoms with E-state index in [2.05, 4.69) is 72.7 Å². The number of hydrogen-bond acceptors (Lipinski definition) is 3. The second-order valence-corrected chi connectivity index (χ2v) is 8.49. The van der Waals surface area contributed by atoms with Gasteiger partial charge in [-0.25, -0.2) is 0 Å². The smallest absolute Gasteiger partial charge is 0.0234 e. The lowest BCUT2D eigenvalue weighted by Gasteiger charge is -2.35. The predicted octanol–water partition coefficient (Wildman–Crippen LogP) is 3.34. The maximum Gasteiger partial charge on any atom is 0.0234 e. The molecule has 2 nitrogen and oxygen atoms in total. The monoisotopic (exact) mass is 292 g/mol. The minimum atomic E-state index is 0.398. The third kappa shape index (κ3) is 5.86. The van der Waals surface area contributed by atoms with Crippen LogP contribution in [0.2, 0.25) is 0 Å². The van der Waals surface area contributed by atoms with E-state index in [0.29, 0.717) is 4.75 Å². The van der Waals surface area contributed by atoms with Gasteiger partial charge in [-0.2, -0.15) is 11.8 Å². The fraction of sp³-hybridized carbons (Fsp3) is 0.647. The average molecular weight is 292 g/mol. The summed E-state index contributed by atoms with van der Waals surface area (Å²) in [6.07, 6.45) is 0. The Morgan fingerprint density at radius 2 is 1.55 bits per heavy atom. The van der Waals surface area contributed by atoms with Gasteiger partial charge in [-0.15, -0.1) is 0 Å². The van der Waals surface area contributed by atoms with Gasteiger partial charge in [0.25, 0.3) is 0 Å². The molecule has 0 aromatic heterocycles. The predicted molar refractivity (Wildman–Crippen MR) is 90.4 cm³/mol. The lowest BCUT2D eigenvalue weighted by Crippen LogP contribution is -2.46. The van der Waals surface area contributed by atoms with Gasteiger partial charge in [0.1, 0.15) is 0 Å². The lowest BCUT2D eigenvalue weighted by atomic mass is 10.2. The second-order valence-electron chi connectivity index (χ2n) is 6.56. The zero-order valence-electron chi connectivity index (χ0n) is 13.1. The second kappa shape index (κ2) is 7.48. The Labute approximate surface area is 128 Å². The molecule has 1 aliphatic rings. The van der Waals surface area contributed by atoms with E-state index in [-0.39, 0.29) is 0 Å². The molecule has 112 valence electrons. The van der Waals surface area contributed by atoms with Crippen molar-refractivity contribution in [3.63, 3.8) is 0 Å². The average Bonchev–Trinajstić information content (AvgIpc) is 2.41. The summed E-state index contributed by atoms with van der Waals surface area (Å²) < 4.78 is 0.398. The molecule has 1 fully saturated rings. The number of thioether (sulfide) groups is 1. The Balaban J connectivity index is 1.65. The topological polar surface area (TPSA) is 6.48 Å². The molecule has 0 saturated carbocycles. The molecule has 0 N–H and O–H groups in total. The van der Waals surface area contributed by atoms with E-state index in [9.17, 15) is 0 Å². The van der Waals surface area contributed by atoms with Crippen molar-refractivity contribution in [3.8, 4) is 0 Å². The molecule has 0 atom stereocenters. The highest BCUT2D eigenvalue weighted by atomic mass is 32.2. The van der Waals surface area contributed by atoms with Crippen LogP contribution in [-0.2, 0) is 6.54 Å². The van der Waals surface area contributed by atoms with Gasteiger partial charge < -0.3 is 0 Å². The van der Waals surface area contributed by atoms with Crippen LogP contribution in [0, 0.1) is 0 Å². The van der Waals surface area contributed by atoms with E-state index in [1.165, 1.54) is 44.0 Å². The van der Waals surface area contributed by atoms with Crippen LogP contribution in [0.15, 0.2) is 30.3 Å². The normalized spacial score (nSPS) is 18.4. The van der Waals surface area contributed by atoms with E-state index in [0.717, 1.165) is 6.54 Å². The van der Waals surface area contributed by atoms with E-state index >= 15 is 0 Å². The summed E-state index contributed by atoms with van der Waals surface area (Å²) >= 11 is 2.08. The van der Waals surface area contributed by atoms with Crippen molar-refractivity contribution in [3.05, 3.63) is 35.9 Å². The largest absolute Gasteiger partial charge is 0.300 e. The quantitative estimate of drug-likeness (QED) is 0.822. The first-order valence-corrected chi connectivity index (χ1v) is 8.64. The van der Waals surface area contributed by atoms with Crippen LogP contribution < -0.4 is 0 Å². The molecule has 1 aromatic carbocycles. The van der Waals surface area contributed by atoms with Crippen molar-refractivity contribution in [2.24, 2.45) is 0 Å². The molecule has 0 amide bonds. The molecule has 0 radical (unpaired) electrons. The Morgan fingerprint density at radius 1 is 0.950 bits per heavy atom. The summed E-state index contributed by atoms with van der Waals surface area (Å²) in [7, 11) is 0. The van der Waals surface area contributed by atoms with Gasteiger partial charge in [-0.1, -0.05) is 51.1 Å².